The number of amides is 1. The average Bonchev–Trinajstić information content (AvgIpc) is 2.54. The van der Waals surface area contributed by atoms with Crippen molar-refractivity contribution < 1.29 is 4.79 Å². The minimum absolute atomic E-state index is 0.120. The quantitative estimate of drug-likeness (QED) is 0.429. The van der Waals surface area contributed by atoms with Crippen LogP contribution >= 0.6 is 35.6 Å². The smallest absolute Gasteiger partial charge is 0.248 e. The van der Waals surface area contributed by atoms with Gasteiger partial charge in [0.15, 0.2) is 5.11 Å². The molecule has 1 fully saturated rings. The highest BCUT2D eigenvalue weighted by molar-refractivity contribution is 8.00. The molecule has 1 aliphatic rings. The van der Waals surface area contributed by atoms with Crippen molar-refractivity contribution in [3.8, 4) is 0 Å². The van der Waals surface area contributed by atoms with Crippen molar-refractivity contribution >= 4 is 46.6 Å². The first-order chi connectivity index (χ1) is 11.0. The number of nitrogens with one attached hydrogen (secondary N) is 3. The van der Waals surface area contributed by atoms with E-state index in [2.05, 4.69) is 23.1 Å². The van der Waals surface area contributed by atoms with Crippen molar-refractivity contribution in [3.05, 3.63) is 29.3 Å². The third-order valence-electron chi connectivity index (χ3n) is 3.93. The maximum Gasteiger partial charge on any atom is 0.248 e. The molecule has 23 heavy (non-hydrogen) atoms. The lowest BCUT2D eigenvalue weighted by Gasteiger charge is -2.30. The van der Waals surface area contributed by atoms with Crippen LogP contribution in [0.15, 0.2) is 29.2 Å². The summed E-state index contributed by atoms with van der Waals surface area (Å²) in [6.45, 7) is 2.24. The number of thioether (sulfide) groups is 1. The number of hydrogen-bond acceptors (Lipinski definition) is 3. The van der Waals surface area contributed by atoms with Crippen LogP contribution in [0.1, 0.15) is 32.6 Å². The van der Waals surface area contributed by atoms with E-state index < -0.39 is 0 Å². The van der Waals surface area contributed by atoms with Crippen LogP contribution in [0.25, 0.3) is 0 Å². The molecule has 0 saturated heterocycles. The van der Waals surface area contributed by atoms with Crippen molar-refractivity contribution in [2.75, 3.05) is 5.75 Å². The first-order valence-corrected chi connectivity index (χ1v) is 9.55. The molecule has 1 aromatic carbocycles. The van der Waals surface area contributed by atoms with E-state index in [0.29, 0.717) is 27.8 Å². The van der Waals surface area contributed by atoms with Crippen LogP contribution in [-0.4, -0.2) is 22.8 Å². The lowest BCUT2D eigenvalue weighted by Crippen LogP contribution is -2.52. The third-order valence-corrected chi connectivity index (χ3v) is 5.41. The van der Waals surface area contributed by atoms with E-state index >= 15 is 0 Å². The molecule has 1 amide bonds. The first kappa shape index (κ1) is 18.4. The Morgan fingerprint density at radius 1 is 1.26 bits per heavy atom. The Balaban J connectivity index is 1.65. The summed E-state index contributed by atoms with van der Waals surface area (Å²) in [5.74, 6) is 0.808. The molecule has 0 bridgehead atoms. The van der Waals surface area contributed by atoms with E-state index in [1.807, 2.05) is 24.3 Å². The number of rotatable bonds is 4. The molecule has 1 aromatic rings. The zero-order valence-electron chi connectivity index (χ0n) is 13.1. The van der Waals surface area contributed by atoms with Gasteiger partial charge in [0, 0.05) is 16.0 Å². The van der Waals surface area contributed by atoms with E-state index in [-0.39, 0.29) is 5.91 Å². The van der Waals surface area contributed by atoms with Gasteiger partial charge >= 0.3 is 0 Å². The summed E-state index contributed by atoms with van der Waals surface area (Å²) in [6.07, 6.45) is 4.88. The Kier molecular flexibility index (Phi) is 7.46. The Morgan fingerprint density at radius 2 is 1.96 bits per heavy atom. The monoisotopic (exact) mass is 371 g/mol. The standard InChI is InChI=1S/C16H22ClN3OS2/c1-11-4-2-3-5-14(11)18-16(22)20-19-15(21)10-23-13-8-6-12(17)7-9-13/h6-9,11,14H,2-5,10H2,1H3,(H,19,21)(H2,18,20,22)/t11-,14+/m0/s1. The molecule has 1 saturated carbocycles. The highest BCUT2D eigenvalue weighted by atomic mass is 35.5. The number of hydrazine groups is 1. The van der Waals surface area contributed by atoms with Gasteiger partial charge in [-0.15, -0.1) is 11.8 Å². The van der Waals surface area contributed by atoms with Crippen LogP contribution in [-0.2, 0) is 4.79 Å². The molecule has 2 rings (SSSR count). The van der Waals surface area contributed by atoms with E-state index in [9.17, 15) is 4.79 Å². The second kappa shape index (κ2) is 9.35. The van der Waals surface area contributed by atoms with Crippen LogP contribution in [0.4, 0.5) is 0 Å². The predicted molar refractivity (Wildman–Crippen MR) is 101 cm³/mol. The van der Waals surface area contributed by atoms with Crippen LogP contribution in [0.5, 0.6) is 0 Å². The molecule has 1 aliphatic carbocycles. The van der Waals surface area contributed by atoms with Gasteiger partial charge in [0.2, 0.25) is 5.91 Å². The lowest BCUT2D eigenvalue weighted by molar-refractivity contribution is -0.119. The average molecular weight is 372 g/mol. The van der Waals surface area contributed by atoms with E-state index in [1.165, 1.54) is 31.0 Å². The second-order valence-electron chi connectivity index (χ2n) is 5.76. The maximum atomic E-state index is 11.8. The third kappa shape index (κ3) is 6.57. The van der Waals surface area contributed by atoms with Crippen molar-refractivity contribution in [3.63, 3.8) is 0 Å². The molecule has 0 aromatic heterocycles. The molecule has 4 nitrogen and oxygen atoms in total. The van der Waals surface area contributed by atoms with E-state index in [4.69, 9.17) is 23.8 Å². The molecule has 2 atom stereocenters. The summed E-state index contributed by atoms with van der Waals surface area (Å²) >= 11 is 12.5. The normalized spacial score (nSPS) is 20.6. The zero-order valence-corrected chi connectivity index (χ0v) is 15.5. The van der Waals surface area contributed by atoms with Crippen LogP contribution in [0.3, 0.4) is 0 Å². The number of hydrogen-bond donors (Lipinski definition) is 3. The fourth-order valence-electron chi connectivity index (χ4n) is 2.58. The zero-order chi connectivity index (χ0) is 16.7. The number of carbonyl (C=O) groups is 1. The summed E-state index contributed by atoms with van der Waals surface area (Å²) < 4.78 is 0. The fraction of sp³-hybridized carbons (Fsp3) is 0.500. The minimum Gasteiger partial charge on any atom is -0.358 e. The number of halogens is 1. The van der Waals surface area contributed by atoms with Gasteiger partial charge in [-0.25, -0.2) is 0 Å². The van der Waals surface area contributed by atoms with Gasteiger partial charge in [-0.1, -0.05) is 31.4 Å². The first-order valence-electron chi connectivity index (χ1n) is 7.78. The van der Waals surface area contributed by atoms with Gasteiger partial charge in [-0.3, -0.25) is 15.6 Å². The van der Waals surface area contributed by atoms with Crippen LogP contribution in [0, 0.1) is 5.92 Å². The fourth-order valence-corrected chi connectivity index (χ4v) is 3.60. The van der Waals surface area contributed by atoms with Gasteiger partial charge in [0.1, 0.15) is 0 Å². The molecule has 7 heteroatoms. The maximum absolute atomic E-state index is 11.8. The van der Waals surface area contributed by atoms with Crippen molar-refractivity contribution in [2.24, 2.45) is 5.92 Å². The Hall–Kier alpha value is -0.980. The molecule has 126 valence electrons. The number of thiocarbonyl (C=S) groups is 1. The summed E-state index contributed by atoms with van der Waals surface area (Å²) in [5, 5.41) is 4.46. The van der Waals surface area contributed by atoms with Crippen molar-refractivity contribution in [1.29, 1.82) is 0 Å². The summed E-state index contributed by atoms with van der Waals surface area (Å²) in [5.41, 5.74) is 5.41. The molecule has 0 heterocycles. The largest absolute Gasteiger partial charge is 0.358 e. The minimum atomic E-state index is -0.120. The van der Waals surface area contributed by atoms with Crippen molar-refractivity contribution in [2.45, 2.75) is 43.5 Å². The Labute approximate surface area is 152 Å². The molecular formula is C16H22ClN3OS2. The molecule has 0 spiro atoms. The highest BCUT2D eigenvalue weighted by Crippen LogP contribution is 2.23. The number of benzene rings is 1. The summed E-state index contributed by atoms with van der Waals surface area (Å²) in [4.78, 5) is 12.8. The summed E-state index contributed by atoms with van der Waals surface area (Å²) in [6, 6.07) is 7.80. The Morgan fingerprint density at radius 3 is 2.65 bits per heavy atom. The summed E-state index contributed by atoms with van der Waals surface area (Å²) in [7, 11) is 0. The Bertz CT molecular complexity index is 539. The molecule has 0 unspecified atom stereocenters. The van der Waals surface area contributed by atoms with Gasteiger partial charge < -0.3 is 5.32 Å². The molecular weight excluding hydrogens is 350 g/mol. The lowest BCUT2D eigenvalue weighted by atomic mass is 9.86. The van der Waals surface area contributed by atoms with Gasteiger partial charge in [0.05, 0.1) is 5.75 Å². The highest BCUT2D eigenvalue weighted by Gasteiger charge is 2.21. The van der Waals surface area contributed by atoms with E-state index in [1.54, 1.807) is 0 Å². The van der Waals surface area contributed by atoms with E-state index in [0.717, 1.165) is 11.3 Å². The van der Waals surface area contributed by atoms with Gasteiger partial charge in [-0.2, -0.15) is 0 Å². The predicted octanol–water partition coefficient (Wildman–Crippen LogP) is 3.51. The second-order valence-corrected chi connectivity index (χ2v) is 7.65. The van der Waals surface area contributed by atoms with Crippen LogP contribution < -0.4 is 16.2 Å². The van der Waals surface area contributed by atoms with Crippen molar-refractivity contribution in [1.82, 2.24) is 16.2 Å². The van der Waals surface area contributed by atoms with Gasteiger partial charge in [-0.05, 0) is 55.2 Å². The topological polar surface area (TPSA) is 53.2 Å². The molecule has 0 radical (unpaired) electrons. The molecule has 3 N–H and O–H groups in total. The van der Waals surface area contributed by atoms with Crippen LogP contribution in [0.2, 0.25) is 5.02 Å². The SMILES string of the molecule is C[C@H]1CCCC[C@H]1NC(=S)NNC(=O)CSc1ccc(Cl)cc1. The molecule has 0 aliphatic heterocycles. The van der Waals surface area contributed by atoms with Gasteiger partial charge in [0.25, 0.3) is 0 Å². The number of carbonyl (C=O) groups excluding carboxylic acids is 1.